The number of pyridine rings is 1. The second kappa shape index (κ2) is 11.3. The molecule has 7 nitrogen and oxygen atoms in total. The Labute approximate surface area is 253 Å². The van der Waals surface area contributed by atoms with Crippen LogP contribution in [-0.4, -0.2) is 44.8 Å². The van der Waals surface area contributed by atoms with Crippen molar-refractivity contribution in [3.05, 3.63) is 96.1 Å². The van der Waals surface area contributed by atoms with Gasteiger partial charge in [0.2, 0.25) is 11.8 Å². The minimum atomic E-state index is -0.628. The molecule has 2 heterocycles. The standard InChI is InChI=1S/C32H24Br2N2O5/c33-25-14-22-23(15-26(25)34)31(39)36(30(22)38)20-12-10-18(11-13-20)28-16-24(21-8-4-5-9-27(21)35-28)32(40)41-17-29(37)19-6-2-1-3-7-19/h1-13,16,22-23,25-26H,14-15,17H2. The SMILES string of the molecule is O=C(COC(=O)c1cc(-c2ccc(N3C(=O)C4CC(Br)C(Br)CC4C3=O)cc2)nc2ccccc12)c1ccccc1. The summed E-state index contributed by atoms with van der Waals surface area (Å²) in [5, 5.41) is 0.607. The topological polar surface area (TPSA) is 93.6 Å². The third kappa shape index (κ3) is 5.24. The molecular formula is C32H24Br2N2O5. The van der Waals surface area contributed by atoms with E-state index in [2.05, 4.69) is 31.9 Å². The van der Waals surface area contributed by atoms with E-state index in [1.165, 1.54) is 4.90 Å². The maximum absolute atomic E-state index is 13.2. The van der Waals surface area contributed by atoms with Crippen LogP contribution in [0, 0.1) is 11.8 Å². The number of para-hydroxylation sites is 1. The van der Waals surface area contributed by atoms with Crippen LogP contribution in [0.1, 0.15) is 33.6 Å². The van der Waals surface area contributed by atoms with Crippen LogP contribution in [0.2, 0.25) is 0 Å². The first-order chi connectivity index (χ1) is 19.8. The summed E-state index contributed by atoms with van der Waals surface area (Å²) in [5.74, 6) is -1.92. The average molecular weight is 676 g/mol. The van der Waals surface area contributed by atoms with Gasteiger partial charge in [-0.1, -0.05) is 92.5 Å². The van der Waals surface area contributed by atoms with Gasteiger partial charge in [0.05, 0.1) is 34.3 Å². The summed E-state index contributed by atoms with van der Waals surface area (Å²) in [4.78, 5) is 58.4. The summed E-state index contributed by atoms with van der Waals surface area (Å²) in [6.07, 6.45) is 1.22. The fourth-order valence-electron chi connectivity index (χ4n) is 5.54. The van der Waals surface area contributed by atoms with E-state index >= 15 is 0 Å². The van der Waals surface area contributed by atoms with Crippen LogP contribution < -0.4 is 4.90 Å². The molecule has 9 heteroatoms. The molecule has 2 amide bonds. The first-order valence-electron chi connectivity index (χ1n) is 13.2. The van der Waals surface area contributed by atoms with Gasteiger partial charge in [0.15, 0.2) is 12.4 Å². The van der Waals surface area contributed by atoms with E-state index in [1.54, 1.807) is 66.7 Å². The molecule has 4 aromatic rings. The van der Waals surface area contributed by atoms with Crippen molar-refractivity contribution in [2.75, 3.05) is 11.5 Å². The number of nitrogens with zero attached hydrogens (tertiary/aromatic N) is 2. The zero-order valence-corrected chi connectivity index (χ0v) is 24.9. The number of amides is 2. The number of hydrogen-bond donors (Lipinski definition) is 0. The van der Waals surface area contributed by atoms with E-state index in [9.17, 15) is 19.2 Å². The maximum Gasteiger partial charge on any atom is 0.339 e. The Bertz CT molecular complexity index is 1650. The Morgan fingerprint density at radius 3 is 2.10 bits per heavy atom. The fraction of sp³-hybridized carbons (Fsp3) is 0.219. The predicted molar refractivity (Wildman–Crippen MR) is 162 cm³/mol. The molecule has 1 saturated carbocycles. The normalized spacial score (nSPS) is 22.0. The molecule has 41 heavy (non-hydrogen) atoms. The van der Waals surface area contributed by atoms with Gasteiger partial charge < -0.3 is 4.74 Å². The van der Waals surface area contributed by atoms with E-state index in [1.807, 2.05) is 18.2 Å². The minimum absolute atomic E-state index is 0.138. The van der Waals surface area contributed by atoms with Crippen LogP contribution in [-0.2, 0) is 14.3 Å². The molecule has 3 aromatic carbocycles. The number of esters is 1. The largest absolute Gasteiger partial charge is 0.454 e. The molecule has 4 unspecified atom stereocenters. The number of fused-ring (bicyclic) bond motifs is 2. The van der Waals surface area contributed by atoms with Crippen LogP contribution in [0.4, 0.5) is 5.69 Å². The highest BCUT2D eigenvalue weighted by Crippen LogP contribution is 2.44. The second-order valence-corrected chi connectivity index (χ2v) is 12.6. The van der Waals surface area contributed by atoms with Gasteiger partial charge >= 0.3 is 5.97 Å². The number of imide groups is 1. The molecule has 2 fully saturated rings. The Morgan fingerprint density at radius 2 is 1.44 bits per heavy atom. The van der Waals surface area contributed by atoms with Crippen LogP contribution in [0.25, 0.3) is 22.2 Å². The number of carbonyl (C=O) groups is 4. The number of aromatic nitrogens is 1. The molecule has 206 valence electrons. The fourth-order valence-corrected chi connectivity index (χ4v) is 6.78. The molecule has 1 aliphatic heterocycles. The number of ketones is 1. The monoisotopic (exact) mass is 674 g/mol. The van der Waals surface area contributed by atoms with E-state index in [4.69, 9.17) is 9.72 Å². The molecule has 0 N–H and O–H groups in total. The Hall–Kier alpha value is -3.69. The molecule has 4 atom stereocenters. The van der Waals surface area contributed by atoms with Crippen molar-refractivity contribution in [1.82, 2.24) is 4.98 Å². The van der Waals surface area contributed by atoms with Gasteiger partial charge in [-0.25, -0.2) is 9.78 Å². The first-order valence-corrected chi connectivity index (χ1v) is 15.1. The number of rotatable bonds is 6. The number of carbonyl (C=O) groups excluding carboxylic acids is 4. The number of hydrogen-bond acceptors (Lipinski definition) is 6. The van der Waals surface area contributed by atoms with Crippen molar-refractivity contribution in [1.29, 1.82) is 0 Å². The third-order valence-corrected chi connectivity index (χ3v) is 10.4. The zero-order valence-electron chi connectivity index (χ0n) is 21.7. The molecule has 2 aliphatic rings. The number of ether oxygens (including phenoxy) is 1. The average Bonchev–Trinajstić information content (AvgIpc) is 3.24. The number of benzene rings is 3. The first kappa shape index (κ1) is 27.5. The molecule has 1 saturated heterocycles. The van der Waals surface area contributed by atoms with Crippen molar-refractivity contribution in [2.45, 2.75) is 22.5 Å². The lowest BCUT2D eigenvalue weighted by atomic mass is 9.81. The van der Waals surface area contributed by atoms with Gasteiger partial charge in [0.25, 0.3) is 0 Å². The highest BCUT2D eigenvalue weighted by Gasteiger charge is 2.52. The minimum Gasteiger partial charge on any atom is -0.454 e. The molecule has 6 rings (SSSR count). The third-order valence-electron chi connectivity index (χ3n) is 7.70. The quantitative estimate of drug-likeness (QED) is 0.102. The van der Waals surface area contributed by atoms with Crippen molar-refractivity contribution < 1.29 is 23.9 Å². The number of anilines is 1. The number of halogens is 2. The van der Waals surface area contributed by atoms with Gasteiger partial charge in [0.1, 0.15) is 0 Å². The van der Waals surface area contributed by atoms with Gasteiger partial charge in [-0.15, -0.1) is 0 Å². The number of alkyl halides is 2. The maximum atomic E-state index is 13.2. The Balaban J connectivity index is 1.26. The van der Waals surface area contributed by atoms with Crippen LogP contribution in [0.15, 0.2) is 84.9 Å². The Morgan fingerprint density at radius 1 is 0.829 bits per heavy atom. The lowest BCUT2D eigenvalue weighted by Gasteiger charge is -2.29. The van der Waals surface area contributed by atoms with Gasteiger partial charge in [-0.2, -0.15) is 0 Å². The van der Waals surface area contributed by atoms with Crippen molar-refractivity contribution in [3.8, 4) is 11.3 Å². The van der Waals surface area contributed by atoms with Crippen molar-refractivity contribution >= 4 is 72.0 Å². The predicted octanol–water partition coefficient (Wildman–Crippen LogP) is 6.37. The van der Waals surface area contributed by atoms with Crippen molar-refractivity contribution in [3.63, 3.8) is 0 Å². The summed E-state index contributed by atoms with van der Waals surface area (Å²) in [5.41, 5.74) is 3.08. The highest BCUT2D eigenvalue weighted by atomic mass is 79.9. The Kier molecular flexibility index (Phi) is 7.57. The highest BCUT2D eigenvalue weighted by molar-refractivity contribution is 9.12. The zero-order chi connectivity index (χ0) is 28.7. The van der Waals surface area contributed by atoms with Crippen molar-refractivity contribution in [2.24, 2.45) is 11.8 Å². The summed E-state index contributed by atoms with van der Waals surface area (Å²) in [7, 11) is 0. The van der Waals surface area contributed by atoms with Gasteiger partial charge in [0, 0.05) is 26.2 Å². The van der Waals surface area contributed by atoms with E-state index in [0.29, 0.717) is 46.3 Å². The lowest BCUT2D eigenvalue weighted by Crippen LogP contribution is -2.34. The van der Waals surface area contributed by atoms with Gasteiger partial charge in [-0.3, -0.25) is 19.3 Å². The summed E-state index contributed by atoms with van der Waals surface area (Å²) in [6, 6.07) is 24.5. The van der Waals surface area contributed by atoms with E-state index in [-0.39, 0.29) is 51.3 Å². The smallest absolute Gasteiger partial charge is 0.339 e. The molecule has 1 aliphatic carbocycles. The molecule has 1 aromatic heterocycles. The van der Waals surface area contributed by atoms with E-state index in [0.717, 1.165) is 0 Å². The molecular weight excluding hydrogens is 652 g/mol. The molecule has 0 spiro atoms. The van der Waals surface area contributed by atoms with E-state index < -0.39 is 5.97 Å². The summed E-state index contributed by atoms with van der Waals surface area (Å²) >= 11 is 7.25. The lowest BCUT2D eigenvalue weighted by molar-refractivity contribution is -0.122. The summed E-state index contributed by atoms with van der Waals surface area (Å²) in [6.45, 7) is -0.380. The van der Waals surface area contributed by atoms with Gasteiger partial charge in [-0.05, 0) is 37.1 Å². The molecule has 0 bridgehead atoms. The summed E-state index contributed by atoms with van der Waals surface area (Å²) < 4.78 is 5.41. The van der Waals surface area contributed by atoms with Crippen LogP contribution in [0.5, 0.6) is 0 Å². The second-order valence-electron chi connectivity index (χ2n) is 10.2. The number of Topliss-reactive ketones (excluding diaryl/α,β-unsaturated/α-hetero) is 1. The van der Waals surface area contributed by atoms with Crippen LogP contribution >= 0.6 is 31.9 Å². The van der Waals surface area contributed by atoms with Crippen LogP contribution in [0.3, 0.4) is 0 Å². The molecule has 0 radical (unpaired) electrons.